The number of phenols is 1. The minimum Gasteiger partial charge on any atom is -0.508 e. The Morgan fingerprint density at radius 2 is 1.97 bits per heavy atom. The van der Waals surface area contributed by atoms with Crippen molar-refractivity contribution in [3.63, 3.8) is 0 Å². The summed E-state index contributed by atoms with van der Waals surface area (Å²) >= 11 is 0. The highest BCUT2D eigenvalue weighted by molar-refractivity contribution is 5.99. The predicted molar refractivity (Wildman–Crippen MR) is 150 cm³/mol. The van der Waals surface area contributed by atoms with Gasteiger partial charge in [0.1, 0.15) is 11.4 Å². The van der Waals surface area contributed by atoms with Gasteiger partial charge in [0, 0.05) is 54.6 Å². The number of phenolic OH excluding ortho intramolecular Hbond substituents is 1. The molecule has 2 fully saturated rings. The molecule has 6 heteroatoms. The molecule has 2 aliphatic rings. The Bertz CT molecular complexity index is 1450. The Hall–Kier alpha value is -3.59. The van der Waals surface area contributed by atoms with Crippen LogP contribution in [0.25, 0.3) is 11.0 Å². The lowest BCUT2D eigenvalue weighted by molar-refractivity contribution is 0.0897. The molecule has 1 aliphatic carbocycles. The van der Waals surface area contributed by atoms with Gasteiger partial charge < -0.3 is 14.6 Å². The first-order chi connectivity index (χ1) is 18.1. The summed E-state index contributed by atoms with van der Waals surface area (Å²) in [7, 11) is 2.04. The number of Topliss-reactive ketones (excluding diaryl/α,β-unsaturated/α-hetero) is 1. The molecule has 5 rings (SSSR count). The van der Waals surface area contributed by atoms with E-state index in [0.717, 1.165) is 41.5 Å². The largest absolute Gasteiger partial charge is 0.508 e. The molecule has 1 saturated carbocycles. The van der Waals surface area contributed by atoms with E-state index in [9.17, 15) is 15.2 Å². The molecule has 1 aromatic carbocycles. The summed E-state index contributed by atoms with van der Waals surface area (Å²) in [6.07, 6.45) is 11.5. The zero-order valence-corrected chi connectivity index (χ0v) is 23.0. The van der Waals surface area contributed by atoms with Gasteiger partial charge in [-0.05, 0) is 93.2 Å². The first-order valence-corrected chi connectivity index (χ1v) is 13.8. The first kappa shape index (κ1) is 26.0. The number of piperidine rings is 1. The average Bonchev–Trinajstić information content (AvgIpc) is 3.53. The van der Waals surface area contributed by atoms with Crippen molar-refractivity contribution in [3.05, 3.63) is 70.7 Å². The molecule has 6 nitrogen and oxygen atoms in total. The van der Waals surface area contributed by atoms with E-state index in [1.807, 2.05) is 13.1 Å². The quantitative estimate of drug-likeness (QED) is 0.381. The van der Waals surface area contributed by atoms with E-state index in [2.05, 4.69) is 43.0 Å². The van der Waals surface area contributed by atoms with Crippen molar-refractivity contribution in [2.45, 2.75) is 77.2 Å². The molecule has 3 heterocycles. The number of nitrogens with zero attached hydrogens (tertiary/aromatic N) is 4. The first-order valence-electron chi connectivity index (χ1n) is 13.8. The highest BCUT2D eigenvalue weighted by Gasteiger charge is 2.39. The Labute approximate surface area is 225 Å². The van der Waals surface area contributed by atoms with Crippen molar-refractivity contribution < 1.29 is 9.90 Å². The number of aromatic hydroxyl groups is 1. The van der Waals surface area contributed by atoms with Crippen molar-refractivity contribution >= 4 is 16.8 Å². The van der Waals surface area contributed by atoms with Gasteiger partial charge in [-0.15, -0.1) is 0 Å². The Morgan fingerprint density at radius 3 is 2.66 bits per heavy atom. The summed E-state index contributed by atoms with van der Waals surface area (Å²) in [5.41, 5.74) is 6.17. The monoisotopic (exact) mass is 510 g/mol. The summed E-state index contributed by atoms with van der Waals surface area (Å²) < 4.78 is 2.11. The molecule has 0 bridgehead atoms. The number of allylic oxidation sites excluding steroid dienone is 1. The molecule has 0 unspecified atom stereocenters. The molecule has 198 valence electrons. The second-order valence-electron chi connectivity index (χ2n) is 11.9. The number of hydrogen-bond acceptors (Lipinski definition) is 5. The fourth-order valence-electron chi connectivity index (χ4n) is 6.86. The third-order valence-corrected chi connectivity index (χ3v) is 8.89. The highest BCUT2D eigenvalue weighted by Crippen LogP contribution is 2.45. The summed E-state index contributed by atoms with van der Waals surface area (Å²) in [4.78, 5) is 20.5. The Balaban J connectivity index is 1.43. The predicted octanol–water partition coefficient (Wildman–Crippen LogP) is 6.55. The van der Waals surface area contributed by atoms with Crippen molar-refractivity contribution in [1.29, 1.82) is 5.26 Å². The number of nitriles is 1. The van der Waals surface area contributed by atoms with Crippen LogP contribution < -0.4 is 0 Å². The third-order valence-electron chi connectivity index (χ3n) is 8.89. The van der Waals surface area contributed by atoms with Crippen LogP contribution >= 0.6 is 0 Å². The van der Waals surface area contributed by atoms with Gasteiger partial charge in [-0.3, -0.25) is 4.79 Å². The second kappa shape index (κ2) is 9.94. The van der Waals surface area contributed by atoms with E-state index < -0.39 is 0 Å². The smallest absolute Gasteiger partial charge is 0.167 e. The van der Waals surface area contributed by atoms with Crippen molar-refractivity contribution in [1.82, 2.24) is 14.5 Å². The van der Waals surface area contributed by atoms with Gasteiger partial charge in [0.25, 0.3) is 0 Å². The topological polar surface area (TPSA) is 82.2 Å². The lowest BCUT2D eigenvalue weighted by atomic mass is 9.77. The molecule has 0 spiro atoms. The number of carbonyl (C=O) groups is 1. The number of aryl methyl sites for hydroxylation is 2. The standard InChI is InChI=1S/C32H38N4O2/c1-20-26(15-29(38)25-12-22(17-33)13-27(37)14-25)18-34-31-30(20)28(19-35(31)5)24-10-11-36(32(3,4)16-24)21(2)23-8-6-7-9-23/h12-14,18-19,23-24,37H,2,6-11,15-16H2,1,3-5H3/t24-/m1/s1. The van der Waals surface area contributed by atoms with Crippen LogP contribution in [0.3, 0.4) is 0 Å². The number of carbonyl (C=O) groups excluding carboxylic acids is 1. The van der Waals surface area contributed by atoms with Gasteiger partial charge in [-0.25, -0.2) is 4.98 Å². The van der Waals surface area contributed by atoms with E-state index in [4.69, 9.17) is 4.98 Å². The van der Waals surface area contributed by atoms with Crippen LogP contribution in [-0.2, 0) is 13.5 Å². The Morgan fingerprint density at radius 1 is 1.24 bits per heavy atom. The number of pyridine rings is 1. The van der Waals surface area contributed by atoms with E-state index in [1.165, 1.54) is 55.1 Å². The molecular formula is C32H38N4O2. The lowest BCUT2D eigenvalue weighted by Crippen LogP contribution is -2.49. The van der Waals surface area contributed by atoms with Crippen LogP contribution in [-0.4, -0.2) is 37.4 Å². The number of aromatic nitrogens is 2. The van der Waals surface area contributed by atoms with Crippen LogP contribution in [0.5, 0.6) is 5.75 Å². The maximum atomic E-state index is 13.1. The number of likely N-dealkylation sites (tertiary alicyclic amines) is 1. The molecule has 1 saturated heterocycles. The number of benzene rings is 1. The van der Waals surface area contributed by atoms with Gasteiger partial charge in [0.05, 0.1) is 11.6 Å². The van der Waals surface area contributed by atoms with Crippen molar-refractivity contribution in [2.24, 2.45) is 13.0 Å². The fraction of sp³-hybridized carbons (Fsp3) is 0.469. The van der Waals surface area contributed by atoms with E-state index in [1.54, 1.807) is 6.20 Å². The summed E-state index contributed by atoms with van der Waals surface area (Å²) in [6.45, 7) is 12.3. The van der Waals surface area contributed by atoms with E-state index >= 15 is 0 Å². The molecule has 1 aliphatic heterocycles. The maximum Gasteiger partial charge on any atom is 0.167 e. The number of rotatable bonds is 6. The third kappa shape index (κ3) is 4.71. The molecule has 0 amide bonds. The average molecular weight is 511 g/mol. The Kier molecular flexibility index (Phi) is 6.81. The molecular weight excluding hydrogens is 472 g/mol. The summed E-state index contributed by atoms with van der Waals surface area (Å²) in [5.74, 6) is 0.814. The van der Waals surface area contributed by atoms with Gasteiger partial charge in [-0.1, -0.05) is 19.4 Å². The summed E-state index contributed by atoms with van der Waals surface area (Å²) in [5, 5.41) is 20.3. The molecule has 38 heavy (non-hydrogen) atoms. The number of hydrogen-bond donors (Lipinski definition) is 1. The van der Waals surface area contributed by atoms with Crippen LogP contribution in [0.4, 0.5) is 0 Å². The molecule has 1 atom stereocenters. The summed E-state index contributed by atoms with van der Waals surface area (Å²) in [6, 6.07) is 6.33. The van der Waals surface area contributed by atoms with Crippen LogP contribution in [0, 0.1) is 24.2 Å². The van der Waals surface area contributed by atoms with E-state index in [-0.39, 0.29) is 29.1 Å². The number of ketones is 1. The maximum absolute atomic E-state index is 13.1. The van der Waals surface area contributed by atoms with Gasteiger partial charge >= 0.3 is 0 Å². The molecule has 2 aromatic heterocycles. The number of fused-ring (bicyclic) bond motifs is 1. The van der Waals surface area contributed by atoms with Crippen LogP contribution in [0.2, 0.25) is 0 Å². The second-order valence-corrected chi connectivity index (χ2v) is 11.9. The fourth-order valence-corrected chi connectivity index (χ4v) is 6.86. The van der Waals surface area contributed by atoms with Gasteiger partial charge in [0.2, 0.25) is 0 Å². The van der Waals surface area contributed by atoms with Gasteiger partial charge in [0.15, 0.2) is 5.78 Å². The zero-order chi connectivity index (χ0) is 27.2. The minimum absolute atomic E-state index is 0.0213. The van der Waals surface area contributed by atoms with Crippen molar-refractivity contribution in [2.75, 3.05) is 6.54 Å². The normalized spacial score (nSPS) is 19.6. The van der Waals surface area contributed by atoms with Crippen LogP contribution in [0.1, 0.15) is 90.9 Å². The molecule has 3 aromatic rings. The SMILES string of the molecule is C=C(C1CCCC1)N1CC[C@@H](c2cn(C)c3ncc(CC(=O)c4cc(O)cc(C#N)c4)c(C)c23)CC1(C)C. The van der Waals surface area contributed by atoms with Crippen molar-refractivity contribution in [3.8, 4) is 11.8 Å². The van der Waals surface area contributed by atoms with Crippen LogP contribution in [0.15, 0.2) is 42.9 Å². The van der Waals surface area contributed by atoms with E-state index in [0.29, 0.717) is 17.4 Å². The highest BCUT2D eigenvalue weighted by atomic mass is 16.3. The lowest BCUT2D eigenvalue weighted by Gasteiger charge is -2.49. The minimum atomic E-state index is -0.140. The zero-order valence-electron chi connectivity index (χ0n) is 23.0. The van der Waals surface area contributed by atoms with Gasteiger partial charge in [-0.2, -0.15) is 5.26 Å². The molecule has 1 N–H and O–H groups in total. The molecule has 0 radical (unpaired) electrons.